The molecule has 0 bridgehead atoms. The minimum absolute atomic E-state index is 0.0551. The molecule has 0 aliphatic carbocycles. The van der Waals surface area contributed by atoms with E-state index in [1.165, 1.54) is 51.7 Å². The Balaban J connectivity index is 2.22. The average Bonchev–Trinajstić information content (AvgIpc) is 2.66. The van der Waals surface area contributed by atoms with E-state index in [-0.39, 0.29) is 28.3 Å². The van der Waals surface area contributed by atoms with E-state index in [4.69, 9.17) is 18.6 Å². The number of aromatic nitrogens is 1. The van der Waals surface area contributed by atoms with Gasteiger partial charge in [0.05, 0.1) is 37.2 Å². The fourth-order valence-corrected chi connectivity index (χ4v) is 2.49. The lowest BCUT2D eigenvalue weighted by atomic mass is 10.1. The number of hydrogen-bond acceptors (Lipinski definition) is 8. The van der Waals surface area contributed by atoms with Crippen LogP contribution in [0.2, 0.25) is 0 Å². The van der Waals surface area contributed by atoms with Gasteiger partial charge in [-0.15, -0.1) is 0 Å². The molecule has 3 aromatic rings. The Kier molecular flexibility index (Phi) is 4.44. The number of nitro groups is 1. The smallest absolute Gasteiger partial charge is 0.347 e. The molecule has 9 heteroatoms. The molecule has 0 amide bonds. The summed E-state index contributed by atoms with van der Waals surface area (Å²) in [6.45, 7) is 0. The summed E-state index contributed by atoms with van der Waals surface area (Å²) in [6, 6.07) is 7.16. The molecule has 2 aromatic carbocycles. The summed E-state index contributed by atoms with van der Waals surface area (Å²) in [7, 11) is 4.24. The predicted molar refractivity (Wildman–Crippen MR) is 92.0 cm³/mol. The second kappa shape index (κ2) is 6.71. The van der Waals surface area contributed by atoms with E-state index in [1.807, 2.05) is 0 Å². The van der Waals surface area contributed by atoms with E-state index in [9.17, 15) is 14.9 Å². The molecule has 1 heterocycles. The van der Waals surface area contributed by atoms with Crippen LogP contribution in [-0.4, -0.2) is 31.2 Å². The van der Waals surface area contributed by atoms with Gasteiger partial charge in [0, 0.05) is 23.8 Å². The molecule has 0 aliphatic heterocycles. The first-order valence-electron chi connectivity index (χ1n) is 7.38. The molecule has 0 spiro atoms. The van der Waals surface area contributed by atoms with E-state index in [0.29, 0.717) is 17.0 Å². The highest BCUT2D eigenvalue weighted by molar-refractivity contribution is 5.82. The zero-order chi connectivity index (χ0) is 18.8. The van der Waals surface area contributed by atoms with Crippen molar-refractivity contribution in [3.8, 4) is 28.7 Å². The predicted octanol–water partition coefficient (Wildman–Crippen LogP) is 2.79. The Morgan fingerprint density at radius 2 is 1.65 bits per heavy atom. The minimum atomic E-state index is -0.649. The summed E-state index contributed by atoms with van der Waals surface area (Å²) >= 11 is 0. The van der Waals surface area contributed by atoms with Crippen LogP contribution in [-0.2, 0) is 0 Å². The van der Waals surface area contributed by atoms with Crippen molar-refractivity contribution in [2.24, 2.45) is 0 Å². The van der Waals surface area contributed by atoms with Crippen molar-refractivity contribution in [2.45, 2.75) is 0 Å². The van der Waals surface area contributed by atoms with Crippen molar-refractivity contribution >= 4 is 16.6 Å². The highest BCUT2D eigenvalue weighted by Crippen LogP contribution is 2.33. The third kappa shape index (κ3) is 2.90. The standard InChI is InChI=1S/C17H14N2O7/c1-23-13-5-4-9(6-12(13)19(21)22)16-18-11-8-15(25-3)14(24-2)7-10(11)17(20)26-16/h4-8H,1-3H3. The Morgan fingerprint density at radius 1 is 1.00 bits per heavy atom. The molecular weight excluding hydrogens is 344 g/mol. The average molecular weight is 358 g/mol. The van der Waals surface area contributed by atoms with E-state index >= 15 is 0 Å². The number of nitrogens with zero attached hydrogens (tertiary/aromatic N) is 2. The van der Waals surface area contributed by atoms with Crippen LogP contribution < -0.4 is 19.8 Å². The van der Waals surface area contributed by atoms with Crippen molar-refractivity contribution in [3.63, 3.8) is 0 Å². The molecular formula is C17H14N2O7. The van der Waals surface area contributed by atoms with Gasteiger partial charge in [0.1, 0.15) is 0 Å². The minimum Gasteiger partial charge on any atom is -0.493 e. The van der Waals surface area contributed by atoms with Gasteiger partial charge in [-0.3, -0.25) is 10.1 Å². The van der Waals surface area contributed by atoms with E-state index < -0.39 is 10.5 Å². The fraction of sp³-hybridized carbons (Fsp3) is 0.176. The number of rotatable bonds is 5. The number of fused-ring (bicyclic) bond motifs is 1. The second-order valence-corrected chi connectivity index (χ2v) is 5.17. The molecule has 0 saturated carbocycles. The van der Waals surface area contributed by atoms with Crippen LogP contribution in [0.4, 0.5) is 5.69 Å². The van der Waals surface area contributed by atoms with Gasteiger partial charge in [-0.1, -0.05) is 0 Å². The molecule has 0 radical (unpaired) electrons. The first-order chi connectivity index (χ1) is 12.5. The fourth-order valence-electron chi connectivity index (χ4n) is 2.49. The van der Waals surface area contributed by atoms with Gasteiger partial charge in [-0.05, 0) is 12.1 Å². The van der Waals surface area contributed by atoms with Crippen LogP contribution in [0.25, 0.3) is 22.4 Å². The van der Waals surface area contributed by atoms with Crippen LogP contribution >= 0.6 is 0 Å². The van der Waals surface area contributed by atoms with Gasteiger partial charge >= 0.3 is 11.3 Å². The van der Waals surface area contributed by atoms with Crippen molar-refractivity contribution in [3.05, 3.63) is 50.9 Å². The highest BCUT2D eigenvalue weighted by atomic mass is 16.6. The van der Waals surface area contributed by atoms with E-state index in [0.717, 1.165) is 0 Å². The van der Waals surface area contributed by atoms with Crippen LogP contribution in [0.15, 0.2) is 39.5 Å². The van der Waals surface area contributed by atoms with Gasteiger partial charge in [0.15, 0.2) is 17.2 Å². The number of methoxy groups -OCH3 is 3. The molecule has 3 rings (SSSR count). The molecule has 0 N–H and O–H groups in total. The SMILES string of the molecule is COc1cc2nc(-c3ccc(OC)c([N+](=O)[O-])c3)oc(=O)c2cc1OC. The lowest BCUT2D eigenvalue weighted by Gasteiger charge is -2.09. The molecule has 0 atom stereocenters. The number of nitro benzene ring substituents is 1. The molecule has 0 unspecified atom stereocenters. The summed E-state index contributed by atoms with van der Waals surface area (Å²) in [4.78, 5) is 27.2. The molecule has 9 nitrogen and oxygen atoms in total. The molecule has 134 valence electrons. The summed E-state index contributed by atoms with van der Waals surface area (Å²) in [5.74, 6) is 0.792. The van der Waals surface area contributed by atoms with Crippen molar-refractivity contribution < 1.29 is 23.6 Å². The van der Waals surface area contributed by atoms with E-state index in [1.54, 1.807) is 0 Å². The zero-order valence-electron chi connectivity index (χ0n) is 14.1. The second-order valence-electron chi connectivity index (χ2n) is 5.17. The van der Waals surface area contributed by atoms with Crippen LogP contribution in [0.1, 0.15) is 0 Å². The van der Waals surface area contributed by atoms with Crippen LogP contribution in [0.3, 0.4) is 0 Å². The van der Waals surface area contributed by atoms with Crippen molar-refractivity contribution in [2.75, 3.05) is 21.3 Å². The molecule has 1 aromatic heterocycles. The number of hydrogen-bond donors (Lipinski definition) is 0. The maximum atomic E-state index is 12.3. The number of ether oxygens (including phenoxy) is 3. The van der Waals surface area contributed by atoms with E-state index in [2.05, 4.69) is 4.98 Å². The Labute approximate surface area is 146 Å². The van der Waals surface area contributed by atoms with Gasteiger partial charge in [-0.25, -0.2) is 9.78 Å². The first kappa shape index (κ1) is 17.2. The van der Waals surface area contributed by atoms with Crippen LogP contribution in [0, 0.1) is 10.1 Å². The summed E-state index contributed by atoms with van der Waals surface area (Å²) in [5, 5.41) is 11.4. The summed E-state index contributed by atoms with van der Waals surface area (Å²) in [6.07, 6.45) is 0. The molecule has 26 heavy (non-hydrogen) atoms. The lowest BCUT2D eigenvalue weighted by Crippen LogP contribution is -2.04. The first-order valence-corrected chi connectivity index (χ1v) is 7.38. The maximum Gasteiger partial charge on any atom is 0.347 e. The van der Waals surface area contributed by atoms with Gasteiger partial charge < -0.3 is 18.6 Å². The summed E-state index contributed by atoms with van der Waals surface area (Å²) < 4.78 is 20.6. The third-order valence-corrected chi connectivity index (χ3v) is 3.76. The van der Waals surface area contributed by atoms with Crippen molar-refractivity contribution in [1.29, 1.82) is 0 Å². The Hall–Kier alpha value is -3.62. The largest absolute Gasteiger partial charge is 0.493 e. The zero-order valence-corrected chi connectivity index (χ0v) is 14.1. The monoisotopic (exact) mass is 358 g/mol. The molecule has 0 aliphatic rings. The number of benzene rings is 2. The quantitative estimate of drug-likeness (QED) is 0.505. The van der Waals surface area contributed by atoms with Gasteiger partial charge in [0.2, 0.25) is 5.89 Å². The van der Waals surface area contributed by atoms with Crippen molar-refractivity contribution in [1.82, 2.24) is 4.98 Å². The molecule has 0 fully saturated rings. The summed E-state index contributed by atoms with van der Waals surface area (Å²) in [5.41, 5.74) is -0.329. The van der Waals surface area contributed by atoms with Gasteiger partial charge in [0.25, 0.3) is 0 Å². The van der Waals surface area contributed by atoms with Crippen LogP contribution in [0.5, 0.6) is 17.2 Å². The third-order valence-electron chi connectivity index (χ3n) is 3.76. The topological polar surface area (TPSA) is 114 Å². The molecule has 0 saturated heterocycles. The Bertz CT molecular complexity index is 1060. The lowest BCUT2D eigenvalue weighted by molar-refractivity contribution is -0.385. The highest BCUT2D eigenvalue weighted by Gasteiger charge is 2.19. The van der Waals surface area contributed by atoms with Gasteiger partial charge in [-0.2, -0.15) is 0 Å². The maximum absolute atomic E-state index is 12.3. The Morgan fingerprint density at radius 3 is 2.27 bits per heavy atom. The normalized spacial score (nSPS) is 10.6.